The lowest BCUT2D eigenvalue weighted by Gasteiger charge is -2.33. The summed E-state index contributed by atoms with van der Waals surface area (Å²) in [5.41, 5.74) is 0. The highest BCUT2D eigenvalue weighted by atomic mass is 79.9. The molecule has 3 rings (SSSR count). The van der Waals surface area contributed by atoms with Gasteiger partial charge in [-0.1, -0.05) is 27.2 Å². The number of carbonyl (C=O) groups excluding carboxylic acids is 1. The Morgan fingerprint density at radius 3 is 3.18 bits per heavy atom. The molecule has 0 unspecified atom stereocenters. The number of carbonyl (C=O) groups is 1. The maximum Gasteiger partial charge on any atom is 0.261 e. The number of hydrogen-bond acceptors (Lipinski definition) is 6. The van der Waals surface area contributed by atoms with Gasteiger partial charge in [-0.3, -0.25) is 4.79 Å². The fourth-order valence-corrected chi connectivity index (χ4v) is 2.60. The molecular formula is C14H14BrN3O4. The second kappa shape index (κ2) is 6.89. The predicted molar refractivity (Wildman–Crippen MR) is 79.2 cm³/mol. The Balaban J connectivity index is 1.65. The van der Waals surface area contributed by atoms with E-state index in [9.17, 15) is 4.79 Å². The molecule has 1 aliphatic rings. The third-order valence-corrected chi connectivity index (χ3v) is 3.78. The molecule has 1 atom stereocenters. The summed E-state index contributed by atoms with van der Waals surface area (Å²) in [5, 5.41) is 3.80. The van der Waals surface area contributed by atoms with Crippen molar-refractivity contribution in [3.63, 3.8) is 0 Å². The topological polar surface area (TPSA) is 77.7 Å². The van der Waals surface area contributed by atoms with Crippen LogP contribution in [0, 0.1) is 0 Å². The van der Waals surface area contributed by atoms with Crippen LogP contribution >= 0.6 is 15.9 Å². The molecule has 0 spiro atoms. The molecule has 1 aliphatic heterocycles. The van der Waals surface area contributed by atoms with Gasteiger partial charge in [0.05, 0.1) is 13.2 Å². The van der Waals surface area contributed by atoms with Gasteiger partial charge in [-0.2, -0.15) is 4.98 Å². The van der Waals surface area contributed by atoms with Crippen LogP contribution in [-0.4, -0.2) is 47.3 Å². The minimum atomic E-state index is -0.342. The number of amides is 1. The first-order chi connectivity index (χ1) is 10.7. The average Bonchev–Trinajstić information content (AvgIpc) is 3.07. The van der Waals surface area contributed by atoms with E-state index >= 15 is 0 Å². The van der Waals surface area contributed by atoms with Crippen LogP contribution in [0.3, 0.4) is 0 Å². The van der Waals surface area contributed by atoms with Gasteiger partial charge >= 0.3 is 0 Å². The minimum Gasteiger partial charge on any atom is -0.484 e. The summed E-state index contributed by atoms with van der Waals surface area (Å²) in [6.07, 6.45) is 1.24. The number of morpholine rings is 1. The highest BCUT2D eigenvalue weighted by molar-refractivity contribution is 9.10. The number of benzene rings is 1. The Morgan fingerprint density at radius 1 is 1.50 bits per heavy atom. The molecule has 2 heterocycles. The van der Waals surface area contributed by atoms with E-state index in [2.05, 4.69) is 26.1 Å². The van der Waals surface area contributed by atoms with E-state index in [1.54, 1.807) is 11.0 Å². The second-order valence-corrected chi connectivity index (χ2v) is 5.63. The smallest absolute Gasteiger partial charge is 0.261 e. The second-order valence-electron chi connectivity index (χ2n) is 4.71. The van der Waals surface area contributed by atoms with Crippen LogP contribution in [0.25, 0.3) is 0 Å². The molecule has 0 bridgehead atoms. The monoisotopic (exact) mass is 367 g/mol. The molecule has 8 heteroatoms. The van der Waals surface area contributed by atoms with Gasteiger partial charge in [0.2, 0.25) is 6.39 Å². The first-order valence-corrected chi connectivity index (χ1v) is 7.55. The van der Waals surface area contributed by atoms with Gasteiger partial charge in [0.1, 0.15) is 11.8 Å². The lowest BCUT2D eigenvalue weighted by molar-refractivity contribution is -0.142. The summed E-state index contributed by atoms with van der Waals surface area (Å²) < 4.78 is 16.6. The molecule has 1 aromatic heterocycles. The molecule has 0 radical (unpaired) electrons. The number of aromatic nitrogens is 2. The van der Waals surface area contributed by atoms with Crippen molar-refractivity contribution in [2.45, 2.75) is 6.04 Å². The number of nitrogens with zero attached hydrogens (tertiary/aromatic N) is 3. The fourth-order valence-electron chi connectivity index (χ4n) is 2.23. The number of halogens is 1. The van der Waals surface area contributed by atoms with E-state index < -0.39 is 0 Å². The van der Waals surface area contributed by atoms with Gasteiger partial charge in [0.15, 0.2) is 12.4 Å². The van der Waals surface area contributed by atoms with Crippen LogP contribution in [0.4, 0.5) is 0 Å². The minimum absolute atomic E-state index is 0.0508. The Hall–Kier alpha value is -1.93. The average molecular weight is 368 g/mol. The lowest BCUT2D eigenvalue weighted by atomic mass is 10.2. The highest BCUT2D eigenvalue weighted by Crippen LogP contribution is 2.22. The van der Waals surface area contributed by atoms with Crippen molar-refractivity contribution >= 4 is 21.8 Å². The standard InChI is InChI=1S/C14H14BrN3O4/c15-10-2-1-3-11(6-10)21-8-13(19)18-4-5-20-7-12(18)14-16-9-22-17-14/h1-3,6,9,12H,4-5,7-8H2/t12-/m0/s1. The summed E-state index contributed by atoms with van der Waals surface area (Å²) in [6.45, 7) is 1.25. The molecule has 22 heavy (non-hydrogen) atoms. The predicted octanol–water partition coefficient (Wildman–Crippen LogP) is 1.81. The largest absolute Gasteiger partial charge is 0.484 e. The summed E-state index contributed by atoms with van der Waals surface area (Å²) in [6, 6.07) is 7.01. The lowest BCUT2D eigenvalue weighted by Crippen LogP contribution is -2.45. The Labute approximate surface area is 135 Å². The molecule has 1 saturated heterocycles. The van der Waals surface area contributed by atoms with E-state index in [0.29, 0.717) is 31.3 Å². The molecule has 0 aliphatic carbocycles. The summed E-state index contributed by atoms with van der Waals surface area (Å²) in [4.78, 5) is 18.1. The van der Waals surface area contributed by atoms with E-state index in [-0.39, 0.29) is 18.6 Å². The van der Waals surface area contributed by atoms with Crippen molar-refractivity contribution in [2.24, 2.45) is 0 Å². The van der Waals surface area contributed by atoms with Crippen LogP contribution in [0.1, 0.15) is 11.9 Å². The van der Waals surface area contributed by atoms with E-state index in [1.807, 2.05) is 18.2 Å². The van der Waals surface area contributed by atoms with Gasteiger partial charge in [0.25, 0.3) is 5.91 Å². The molecule has 116 valence electrons. The van der Waals surface area contributed by atoms with Crippen molar-refractivity contribution in [3.05, 3.63) is 41.0 Å². The third-order valence-electron chi connectivity index (χ3n) is 3.28. The van der Waals surface area contributed by atoms with Crippen LogP contribution in [0.15, 0.2) is 39.7 Å². The van der Waals surface area contributed by atoms with Crippen LogP contribution in [0.5, 0.6) is 5.75 Å². The third kappa shape index (κ3) is 3.45. The molecule has 0 N–H and O–H groups in total. The van der Waals surface area contributed by atoms with Crippen LogP contribution in [0.2, 0.25) is 0 Å². The summed E-state index contributed by atoms with van der Waals surface area (Å²) in [5.74, 6) is 0.931. The number of ether oxygens (including phenoxy) is 2. The zero-order chi connectivity index (χ0) is 15.4. The molecule has 2 aromatic rings. The quantitative estimate of drug-likeness (QED) is 0.819. The molecule has 0 saturated carbocycles. The van der Waals surface area contributed by atoms with Gasteiger partial charge in [-0.25, -0.2) is 0 Å². The number of hydrogen-bond donors (Lipinski definition) is 0. The van der Waals surface area contributed by atoms with Crippen molar-refractivity contribution in [2.75, 3.05) is 26.4 Å². The maximum absolute atomic E-state index is 12.4. The first kappa shape index (κ1) is 15.0. The van der Waals surface area contributed by atoms with Gasteiger partial charge in [-0.15, -0.1) is 0 Å². The molecule has 7 nitrogen and oxygen atoms in total. The van der Waals surface area contributed by atoms with Gasteiger partial charge < -0.3 is 18.9 Å². The van der Waals surface area contributed by atoms with E-state index in [0.717, 1.165) is 4.47 Å². The van der Waals surface area contributed by atoms with Gasteiger partial charge in [-0.05, 0) is 18.2 Å². The number of rotatable bonds is 4. The van der Waals surface area contributed by atoms with Crippen LogP contribution < -0.4 is 4.74 Å². The Kier molecular flexibility index (Phi) is 4.69. The van der Waals surface area contributed by atoms with E-state index in [4.69, 9.17) is 14.0 Å². The molecule has 1 amide bonds. The van der Waals surface area contributed by atoms with Crippen LogP contribution in [-0.2, 0) is 9.53 Å². The normalized spacial score (nSPS) is 18.2. The van der Waals surface area contributed by atoms with Gasteiger partial charge in [0, 0.05) is 11.0 Å². The van der Waals surface area contributed by atoms with Crippen molar-refractivity contribution in [1.29, 1.82) is 0 Å². The SMILES string of the molecule is O=C(COc1cccc(Br)c1)N1CCOC[C@H]1c1ncon1. The summed E-state index contributed by atoms with van der Waals surface area (Å²) in [7, 11) is 0. The molecular weight excluding hydrogens is 354 g/mol. The fraction of sp³-hybridized carbons (Fsp3) is 0.357. The van der Waals surface area contributed by atoms with E-state index in [1.165, 1.54) is 6.39 Å². The molecule has 1 aromatic carbocycles. The Morgan fingerprint density at radius 2 is 2.41 bits per heavy atom. The zero-order valence-electron chi connectivity index (χ0n) is 11.6. The maximum atomic E-state index is 12.4. The Bertz CT molecular complexity index is 635. The highest BCUT2D eigenvalue weighted by Gasteiger charge is 2.31. The van der Waals surface area contributed by atoms with Crippen molar-refractivity contribution in [3.8, 4) is 5.75 Å². The van der Waals surface area contributed by atoms with Crippen molar-refractivity contribution in [1.82, 2.24) is 15.0 Å². The molecule has 1 fully saturated rings. The zero-order valence-corrected chi connectivity index (χ0v) is 13.2. The summed E-state index contributed by atoms with van der Waals surface area (Å²) >= 11 is 3.36. The first-order valence-electron chi connectivity index (χ1n) is 6.76. The van der Waals surface area contributed by atoms with Crippen molar-refractivity contribution < 1.29 is 18.8 Å².